The first kappa shape index (κ1) is 17.7. The fourth-order valence-corrected chi connectivity index (χ4v) is 3.77. The number of ether oxygens (including phenoxy) is 1. The molecule has 1 heterocycles. The zero-order valence-electron chi connectivity index (χ0n) is 15.4. The van der Waals surface area contributed by atoms with Gasteiger partial charge in [-0.1, -0.05) is 62.4 Å². The van der Waals surface area contributed by atoms with Gasteiger partial charge in [0.15, 0.2) is 0 Å². The molecule has 0 amide bonds. The Morgan fingerprint density at radius 1 is 1.00 bits per heavy atom. The lowest BCUT2D eigenvalue weighted by atomic mass is 9.97. The van der Waals surface area contributed by atoms with Gasteiger partial charge in [-0.2, -0.15) is 0 Å². The van der Waals surface area contributed by atoms with Crippen LogP contribution >= 0.6 is 0 Å². The summed E-state index contributed by atoms with van der Waals surface area (Å²) in [7, 11) is 1.47. The van der Waals surface area contributed by atoms with E-state index in [1.807, 2.05) is 0 Å². The molecule has 0 fully saturated rings. The molecule has 3 heteroatoms. The highest BCUT2D eigenvalue weighted by Gasteiger charge is 2.27. The third-order valence-corrected chi connectivity index (χ3v) is 4.96. The minimum absolute atomic E-state index is 0.128. The summed E-state index contributed by atoms with van der Waals surface area (Å²) in [5, 5.41) is 0. The lowest BCUT2D eigenvalue weighted by Crippen LogP contribution is -2.37. The van der Waals surface area contributed by atoms with Crippen LogP contribution in [-0.4, -0.2) is 24.0 Å². The van der Waals surface area contributed by atoms with Gasteiger partial charge in [-0.15, -0.1) is 0 Å². The van der Waals surface area contributed by atoms with Crippen LogP contribution in [0.15, 0.2) is 48.5 Å². The second kappa shape index (κ2) is 7.83. The molecule has 1 aliphatic rings. The highest BCUT2D eigenvalue weighted by molar-refractivity contribution is 5.72. The molecule has 0 aliphatic carbocycles. The van der Waals surface area contributed by atoms with Gasteiger partial charge in [0.05, 0.1) is 13.5 Å². The normalized spacial score (nSPS) is 15.2. The fourth-order valence-electron chi connectivity index (χ4n) is 3.77. The third-order valence-electron chi connectivity index (χ3n) is 4.96. The van der Waals surface area contributed by atoms with Crippen LogP contribution in [0.5, 0.6) is 0 Å². The molecule has 3 nitrogen and oxygen atoms in total. The molecule has 1 aliphatic heterocycles. The van der Waals surface area contributed by atoms with Crippen LogP contribution in [0.4, 0.5) is 0 Å². The summed E-state index contributed by atoms with van der Waals surface area (Å²) in [6.07, 6.45) is 1.43. The van der Waals surface area contributed by atoms with Gasteiger partial charge in [0, 0.05) is 19.1 Å². The minimum Gasteiger partial charge on any atom is -0.469 e. The summed E-state index contributed by atoms with van der Waals surface area (Å²) >= 11 is 0. The second-order valence-corrected chi connectivity index (χ2v) is 7.28. The zero-order valence-corrected chi connectivity index (χ0v) is 15.4. The number of esters is 1. The molecule has 0 aromatic heterocycles. The first-order chi connectivity index (χ1) is 12.1. The van der Waals surface area contributed by atoms with Crippen molar-refractivity contribution in [1.29, 1.82) is 0 Å². The number of carbonyl (C=O) groups is 1. The molecule has 25 heavy (non-hydrogen) atoms. The zero-order chi connectivity index (χ0) is 17.8. The van der Waals surface area contributed by atoms with E-state index in [2.05, 4.69) is 67.3 Å². The topological polar surface area (TPSA) is 29.5 Å². The molecular weight excluding hydrogens is 310 g/mol. The van der Waals surface area contributed by atoms with Gasteiger partial charge in [0.1, 0.15) is 0 Å². The summed E-state index contributed by atoms with van der Waals surface area (Å²) in [5.41, 5.74) is 5.26. The van der Waals surface area contributed by atoms with Gasteiger partial charge in [-0.05, 0) is 34.6 Å². The summed E-state index contributed by atoms with van der Waals surface area (Å²) in [4.78, 5) is 14.4. The summed E-state index contributed by atoms with van der Waals surface area (Å²) in [6.45, 7) is 6.15. The lowest BCUT2D eigenvalue weighted by molar-refractivity contribution is -0.142. The lowest BCUT2D eigenvalue weighted by Gasteiger charge is -2.31. The van der Waals surface area contributed by atoms with Crippen LogP contribution in [0, 0.1) is 5.92 Å². The number of hydrogen-bond acceptors (Lipinski definition) is 3. The molecule has 2 aromatic rings. The molecule has 1 atom stereocenters. The molecule has 1 unspecified atom stereocenters. The summed E-state index contributed by atoms with van der Waals surface area (Å²) in [6, 6.07) is 17.4. The molecular formula is C22H27NO2. The van der Waals surface area contributed by atoms with Crippen LogP contribution in [-0.2, 0) is 22.6 Å². The van der Waals surface area contributed by atoms with Gasteiger partial charge < -0.3 is 4.74 Å². The van der Waals surface area contributed by atoms with E-state index >= 15 is 0 Å². The molecule has 0 N–H and O–H groups in total. The van der Waals surface area contributed by atoms with Crippen molar-refractivity contribution in [2.45, 2.75) is 45.8 Å². The average Bonchev–Trinajstić information content (AvgIpc) is 2.77. The molecule has 132 valence electrons. The maximum absolute atomic E-state index is 12.0. The summed E-state index contributed by atoms with van der Waals surface area (Å²) in [5.74, 6) is 0.403. The first-order valence-corrected chi connectivity index (χ1v) is 9.05. The Bertz CT molecular complexity index is 691. The Labute approximate surface area is 150 Å². The van der Waals surface area contributed by atoms with Gasteiger partial charge in [0.25, 0.3) is 0 Å². The van der Waals surface area contributed by atoms with E-state index in [1.54, 1.807) is 0 Å². The van der Waals surface area contributed by atoms with Crippen molar-refractivity contribution in [3.63, 3.8) is 0 Å². The van der Waals surface area contributed by atoms with E-state index in [1.165, 1.54) is 29.4 Å². The molecule has 0 saturated heterocycles. The molecule has 0 bridgehead atoms. The van der Waals surface area contributed by atoms with E-state index in [0.717, 1.165) is 19.5 Å². The van der Waals surface area contributed by atoms with Gasteiger partial charge in [0.2, 0.25) is 0 Å². The number of nitrogens with zero attached hydrogens (tertiary/aromatic N) is 1. The minimum atomic E-state index is -0.128. The Hall–Kier alpha value is -2.13. The Balaban J connectivity index is 1.98. The van der Waals surface area contributed by atoms with Crippen LogP contribution in [0.2, 0.25) is 0 Å². The number of fused-ring (bicyclic) bond motifs is 3. The van der Waals surface area contributed by atoms with Crippen molar-refractivity contribution in [1.82, 2.24) is 4.90 Å². The van der Waals surface area contributed by atoms with Crippen molar-refractivity contribution < 1.29 is 9.53 Å². The van der Waals surface area contributed by atoms with Crippen LogP contribution < -0.4 is 0 Å². The highest BCUT2D eigenvalue weighted by atomic mass is 16.5. The van der Waals surface area contributed by atoms with Gasteiger partial charge in [-0.25, -0.2) is 0 Å². The van der Waals surface area contributed by atoms with E-state index in [4.69, 9.17) is 4.74 Å². The smallest absolute Gasteiger partial charge is 0.307 e. The first-order valence-electron chi connectivity index (χ1n) is 9.05. The fraction of sp³-hybridized carbons (Fsp3) is 0.409. The van der Waals surface area contributed by atoms with Crippen LogP contribution in [0.3, 0.4) is 0 Å². The number of hydrogen-bond donors (Lipinski definition) is 0. The van der Waals surface area contributed by atoms with E-state index in [9.17, 15) is 4.79 Å². The number of benzene rings is 2. The standard InChI is InChI=1S/C22H27NO2/c1-16(2)12-19(13-22(24)25-3)23-14-17-8-4-6-10-20(17)21-11-7-5-9-18(21)15-23/h4-11,16,19H,12-15H2,1-3H3. The van der Waals surface area contributed by atoms with Crippen molar-refractivity contribution >= 4 is 5.97 Å². The predicted octanol–water partition coefficient (Wildman–Crippen LogP) is 4.65. The van der Waals surface area contributed by atoms with Crippen molar-refractivity contribution in [3.05, 3.63) is 59.7 Å². The Morgan fingerprint density at radius 3 is 2.00 bits per heavy atom. The molecule has 2 aromatic carbocycles. The quantitative estimate of drug-likeness (QED) is 0.744. The maximum atomic E-state index is 12.0. The van der Waals surface area contributed by atoms with Crippen LogP contribution in [0.1, 0.15) is 37.8 Å². The Morgan fingerprint density at radius 2 is 1.52 bits per heavy atom. The van der Waals surface area contributed by atoms with E-state index in [0.29, 0.717) is 12.3 Å². The Kier molecular flexibility index (Phi) is 5.54. The second-order valence-electron chi connectivity index (χ2n) is 7.28. The third kappa shape index (κ3) is 4.10. The monoisotopic (exact) mass is 337 g/mol. The predicted molar refractivity (Wildman–Crippen MR) is 101 cm³/mol. The molecule has 0 spiro atoms. The maximum Gasteiger partial charge on any atom is 0.307 e. The SMILES string of the molecule is COC(=O)CC(CC(C)C)N1Cc2ccccc2-c2ccccc2C1. The van der Waals surface area contributed by atoms with Crippen molar-refractivity contribution in [2.24, 2.45) is 5.92 Å². The molecule has 0 saturated carbocycles. The van der Waals surface area contributed by atoms with E-state index < -0.39 is 0 Å². The number of rotatable bonds is 5. The number of carbonyl (C=O) groups excluding carboxylic acids is 1. The van der Waals surface area contributed by atoms with Crippen LogP contribution in [0.25, 0.3) is 11.1 Å². The summed E-state index contributed by atoms with van der Waals surface area (Å²) < 4.78 is 4.96. The van der Waals surface area contributed by atoms with Crippen molar-refractivity contribution in [2.75, 3.05) is 7.11 Å². The molecule has 3 rings (SSSR count). The average molecular weight is 337 g/mol. The van der Waals surface area contributed by atoms with E-state index in [-0.39, 0.29) is 12.0 Å². The highest BCUT2D eigenvalue weighted by Crippen LogP contribution is 2.34. The largest absolute Gasteiger partial charge is 0.469 e. The van der Waals surface area contributed by atoms with Crippen molar-refractivity contribution in [3.8, 4) is 11.1 Å². The molecule has 0 radical (unpaired) electrons. The number of methoxy groups -OCH3 is 1. The van der Waals surface area contributed by atoms with Gasteiger partial charge >= 0.3 is 5.97 Å². The van der Waals surface area contributed by atoms with Gasteiger partial charge in [-0.3, -0.25) is 9.69 Å².